The molecule has 0 aliphatic heterocycles. The minimum atomic E-state index is -0.383. The number of hydrogen-bond acceptors (Lipinski definition) is 6. The molecule has 3 heterocycles. The molecule has 0 saturated heterocycles. The highest BCUT2D eigenvalue weighted by Gasteiger charge is 2.27. The lowest BCUT2D eigenvalue weighted by molar-refractivity contribution is 0.0462. The number of hydrogen-bond donors (Lipinski definition) is 1. The molecule has 6 nitrogen and oxygen atoms in total. The lowest BCUT2D eigenvalue weighted by Gasteiger charge is -2.24. The van der Waals surface area contributed by atoms with Gasteiger partial charge in [-0.25, -0.2) is 9.78 Å². The SMILES string of the molecule is C[C@@H]1CCc2c(sc3nc(COC(=O)c4c5c(nc6ccccc46)CC[C@@H](C)C5)[nH]c(=O)c23)C1. The molecule has 34 heavy (non-hydrogen) atoms. The van der Waals surface area contributed by atoms with Gasteiger partial charge in [0.05, 0.1) is 16.5 Å². The van der Waals surface area contributed by atoms with Crippen molar-refractivity contribution < 1.29 is 9.53 Å². The van der Waals surface area contributed by atoms with Gasteiger partial charge in [-0.3, -0.25) is 9.78 Å². The number of pyridine rings is 1. The van der Waals surface area contributed by atoms with Gasteiger partial charge in [0.25, 0.3) is 5.56 Å². The smallest absolute Gasteiger partial charge is 0.339 e. The summed E-state index contributed by atoms with van der Waals surface area (Å²) >= 11 is 1.60. The van der Waals surface area contributed by atoms with Crippen molar-refractivity contribution in [2.24, 2.45) is 11.8 Å². The summed E-state index contributed by atoms with van der Waals surface area (Å²) in [5.74, 6) is 1.13. The molecule has 1 aromatic carbocycles. The molecule has 6 rings (SSSR count). The van der Waals surface area contributed by atoms with Crippen LogP contribution in [0.5, 0.6) is 0 Å². The largest absolute Gasteiger partial charge is 0.454 e. The lowest BCUT2D eigenvalue weighted by Crippen LogP contribution is -2.20. The zero-order chi connectivity index (χ0) is 23.4. The minimum absolute atomic E-state index is 0.0655. The molecule has 3 aromatic heterocycles. The van der Waals surface area contributed by atoms with Gasteiger partial charge in [0.1, 0.15) is 17.3 Å². The molecule has 2 aliphatic carbocycles. The Hall–Kier alpha value is -3.06. The van der Waals surface area contributed by atoms with Gasteiger partial charge in [-0.15, -0.1) is 11.3 Å². The summed E-state index contributed by atoms with van der Waals surface area (Å²) in [5, 5.41) is 1.53. The van der Waals surface area contributed by atoms with Gasteiger partial charge >= 0.3 is 5.97 Å². The van der Waals surface area contributed by atoms with Crippen molar-refractivity contribution in [2.45, 2.75) is 59.0 Å². The Morgan fingerprint density at radius 1 is 1.09 bits per heavy atom. The second kappa shape index (κ2) is 8.31. The van der Waals surface area contributed by atoms with Crippen LogP contribution in [0.2, 0.25) is 0 Å². The number of nitrogens with one attached hydrogen (secondary N) is 1. The second-order valence-corrected chi connectivity index (χ2v) is 11.0. The Morgan fingerprint density at radius 3 is 2.76 bits per heavy atom. The number of H-pyrrole nitrogens is 1. The monoisotopic (exact) mass is 473 g/mol. The molecule has 0 unspecified atom stereocenters. The van der Waals surface area contributed by atoms with Gasteiger partial charge in [-0.1, -0.05) is 32.0 Å². The molecule has 0 saturated carbocycles. The summed E-state index contributed by atoms with van der Waals surface area (Å²) in [7, 11) is 0. The standard InChI is InChI=1S/C27H27N3O3S/c1-14-8-10-20-18(11-14)23(16-5-3-4-6-19(16)28-20)27(32)33-13-22-29-25(31)24-17-9-7-15(2)12-21(17)34-26(24)30-22/h3-6,14-15H,7-13H2,1-2H3,(H,29,30,31)/t14-,15-/m1/s1. The number of aryl methyl sites for hydroxylation is 2. The maximum absolute atomic E-state index is 13.4. The summed E-state index contributed by atoms with van der Waals surface area (Å²) in [6.07, 6.45) is 5.78. The van der Waals surface area contributed by atoms with E-state index in [-0.39, 0.29) is 18.1 Å². The van der Waals surface area contributed by atoms with E-state index in [0.717, 1.165) is 71.1 Å². The van der Waals surface area contributed by atoms with Gasteiger partial charge in [-0.05, 0) is 67.6 Å². The number of ether oxygens (including phenoxy) is 1. The molecular formula is C27H27N3O3S. The van der Waals surface area contributed by atoms with Crippen molar-refractivity contribution in [3.05, 3.63) is 67.7 Å². The van der Waals surface area contributed by atoms with Crippen molar-refractivity contribution in [2.75, 3.05) is 0 Å². The maximum Gasteiger partial charge on any atom is 0.339 e. The summed E-state index contributed by atoms with van der Waals surface area (Å²) in [6.45, 7) is 4.39. The third kappa shape index (κ3) is 3.63. The molecule has 0 bridgehead atoms. The van der Waals surface area contributed by atoms with Crippen LogP contribution in [0.3, 0.4) is 0 Å². The molecule has 0 spiro atoms. The van der Waals surface area contributed by atoms with Crippen LogP contribution < -0.4 is 5.56 Å². The molecule has 7 heteroatoms. The zero-order valence-corrected chi connectivity index (χ0v) is 20.3. The predicted molar refractivity (Wildman–Crippen MR) is 133 cm³/mol. The fourth-order valence-electron chi connectivity index (χ4n) is 5.46. The van der Waals surface area contributed by atoms with E-state index in [4.69, 9.17) is 9.72 Å². The topological polar surface area (TPSA) is 84.9 Å². The van der Waals surface area contributed by atoms with Crippen molar-refractivity contribution in [3.8, 4) is 0 Å². The quantitative estimate of drug-likeness (QED) is 0.417. The van der Waals surface area contributed by atoms with E-state index in [1.54, 1.807) is 11.3 Å². The summed E-state index contributed by atoms with van der Waals surface area (Å²) in [6, 6.07) is 7.73. The Kier molecular flexibility index (Phi) is 5.25. The summed E-state index contributed by atoms with van der Waals surface area (Å²) in [4.78, 5) is 40.7. The van der Waals surface area contributed by atoms with Crippen LogP contribution in [0.4, 0.5) is 0 Å². The van der Waals surface area contributed by atoms with E-state index < -0.39 is 0 Å². The highest BCUT2D eigenvalue weighted by atomic mass is 32.1. The number of fused-ring (bicyclic) bond motifs is 5. The van der Waals surface area contributed by atoms with Gasteiger partial charge in [0.15, 0.2) is 0 Å². The first-order valence-corrected chi connectivity index (χ1v) is 12.9. The van der Waals surface area contributed by atoms with Crippen LogP contribution in [0, 0.1) is 11.8 Å². The predicted octanol–water partition coefficient (Wildman–Crippen LogP) is 5.14. The maximum atomic E-state index is 13.4. The number of aromatic amines is 1. The average molecular weight is 474 g/mol. The van der Waals surface area contributed by atoms with Crippen LogP contribution >= 0.6 is 11.3 Å². The molecule has 0 radical (unpaired) electrons. The number of para-hydroxylation sites is 1. The molecule has 2 aliphatic rings. The summed E-state index contributed by atoms with van der Waals surface area (Å²) in [5.41, 5.74) is 4.43. The molecular weight excluding hydrogens is 446 g/mol. The van der Waals surface area contributed by atoms with E-state index in [9.17, 15) is 9.59 Å². The highest BCUT2D eigenvalue weighted by molar-refractivity contribution is 7.18. The Balaban J connectivity index is 1.33. The number of nitrogens with zero attached hydrogens (tertiary/aromatic N) is 2. The molecule has 0 fully saturated rings. The van der Waals surface area contributed by atoms with Crippen LogP contribution in [0.15, 0.2) is 29.1 Å². The average Bonchev–Trinajstić information content (AvgIpc) is 3.19. The number of aromatic nitrogens is 3. The van der Waals surface area contributed by atoms with E-state index >= 15 is 0 Å². The number of carbonyl (C=O) groups excluding carboxylic acids is 1. The number of thiophene rings is 1. The first-order chi connectivity index (χ1) is 16.5. The second-order valence-electron chi connectivity index (χ2n) is 9.90. The zero-order valence-electron chi connectivity index (χ0n) is 19.4. The lowest BCUT2D eigenvalue weighted by atomic mass is 9.84. The first-order valence-electron chi connectivity index (χ1n) is 12.1. The fourth-order valence-corrected chi connectivity index (χ4v) is 6.87. The molecule has 174 valence electrons. The van der Waals surface area contributed by atoms with E-state index in [1.807, 2.05) is 24.3 Å². The third-order valence-corrected chi connectivity index (χ3v) is 8.41. The van der Waals surface area contributed by atoms with Crippen LogP contribution in [0.1, 0.15) is 64.6 Å². The molecule has 1 N–H and O–H groups in total. The Bertz CT molecular complexity index is 1500. The number of carbonyl (C=O) groups is 1. The number of rotatable bonds is 3. The molecule has 4 aromatic rings. The fraction of sp³-hybridized carbons (Fsp3) is 0.407. The van der Waals surface area contributed by atoms with Gasteiger partial charge in [-0.2, -0.15) is 0 Å². The Labute approximate surface area is 201 Å². The third-order valence-electron chi connectivity index (χ3n) is 7.26. The van der Waals surface area contributed by atoms with Crippen molar-refractivity contribution >= 4 is 38.4 Å². The molecule has 0 amide bonds. The van der Waals surface area contributed by atoms with Crippen molar-refractivity contribution in [1.29, 1.82) is 0 Å². The van der Waals surface area contributed by atoms with Crippen molar-refractivity contribution in [1.82, 2.24) is 15.0 Å². The van der Waals surface area contributed by atoms with Crippen LogP contribution in [-0.2, 0) is 37.0 Å². The highest BCUT2D eigenvalue weighted by Crippen LogP contribution is 2.36. The van der Waals surface area contributed by atoms with Gasteiger partial charge < -0.3 is 9.72 Å². The molecule has 2 atom stereocenters. The van der Waals surface area contributed by atoms with Crippen molar-refractivity contribution in [3.63, 3.8) is 0 Å². The van der Waals surface area contributed by atoms with Gasteiger partial charge in [0, 0.05) is 16.0 Å². The van der Waals surface area contributed by atoms with Crippen LogP contribution in [0.25, 0.3) is 21.1 Å². The van der Waals surface area contributed by atoms with E-state index in [0.29, 0.717) is 28.6 Å². The number of esters is 1. The normalized spacial score (nSPS) is 19.7. The number of benzene rings is 1. The van der Waals surface area contributed by atoms with Gasteiger partial charge in [0.2, 0.25) is 0 Å². The van der Waals surface area contributed by atoms with Crippen LogP contribution in [-0.4, -0.2) is 20.9 Å². The van der Waals surface area contributed by atoms with E-state index in [1.165, 1.54) is 4.88 Å². The van der Waals surface area contributed by atoms with E-state index in [2.05, 4.69) is 23.8 Å². The summed E-state index contributed by atoms with van der Waals surface area (Å²) < 4.78 is 5.75. The first kappa shape index (κ1) is 21.5. The minimum Gasteiger partial charge on any atom is -0.454 e. The Morgan fingerprint density at radius 2 is 1.88 bits per heavy atom.